The number of hydrogen-bond acceptors (Lipinski definition) is 5. The average molecular weight is 550 g/mol. The van der Waals surface area contributed by atoms with Crippen LogP contribution in [0.1, 0.15) is 81.0 Å². The molecule has 2 aromatic carbocycles. The van der Waals surface area contributed by atoms with E-state index in [2.05, 4.69) is 0 Å². The van der Waals surface area contributed by atoms with Gasteiger partial charge in [0.1, 0.15) is 11.3 Å². The number of halogens is 1. The molecule has 1 aliphatic heterocycles. The number of carbonyl (C=O) groups is 1. The van der Waals surface area contributed by atoms with E-state index in [4.69, 9.17) is 20.8 Å². The van der Waals surface area contributed by atoms with Crippen molar-refractivity contribution in [2.45, 2.75) is 88.9 Å². The lowest BCUT2D eigenvalue weighted by atomic mass is 9.66. The molecule has 0 bridgehead atoms. The third-order valence-corrected chi connectivity index (χ3v) is 9.43. The van der Waals surface area contributed by atoms with Crippen LogP contribution in [0.5, 0.6) is 5.75 Å². The Bertz CT molecular complexity index is 1430. The lowest BCUT2D eigenvalue weighted by molar-refractivity contribution is -0.161. The first-order valence-corrected chi connectivity index (χ1v) is 14.8. The Kier molecular flexibility index (Phi) is 7.19. The fourth-order valence-corrected chi connectivity index (χ4v) is 7.28. The van der Waals surface area contributed by atoms with Crippen LogP contribution in [0.3, 0.4) is 0 Å². The molecule has 0 radical (unpaired) electrons. The summed E-state index contributed by atoms with van der Waals surface area (Å²) in [5, 5.41) is 13.2. The van der Waals surface area contributed by atoms with E-state index in [-0.39, 0.29) is 23.5 Å². The monoisotopic (exact) mass is 549 g/mol. The van der Waals surface area contributed by atoms with Crippen LogP contribution in [-0.4, -0.2) is 34.2 Å². The van der Waals surface area contributed by atoms with E-state index in [0.717, 1.165) is 73.4 Å². The summed E-state index contributed by atoms with van der Waals surface area (Å²) in [6, 6.07) is 13.0. The standard InChI is InChI=1S/C32H36ClNO5/c1-2-27(38-22-14-15-24-23-7-3-4-8-25(23)31(36)39-28(24)19-22)30(35)34-18-17-32(37)16-6-5-9-26(32)29(34)20-10-12-21(33)13-11-20/h10-15,19,26-27,29,37H,2-9,16-18H2,1H3/t26-,27+,29-,32+/m0/s1. The normalized spacial score (nSPS) is 25.6. The van der Waals surface area contributed by atoms with Gasteiger partial charge in [0.2, 0.25) is 0 Å². The average Bonchev–Trinajstić information content (AvgIpc) is 2.95. The molecule has 3 aromatic rings. The molecule has 1 saturated heterocycles. The van der Waals surface area contributed by atoms with Crippen LogP contribution < -0.4 is 10.4 Å². The number of piperidine rings is 1. The lowest BCUT2D eigenvalue weighted by Gasteiger charge is -2.53. The minimum atomic E-state index is -0.767. The van der Waals surface area contributed by atoms with Gasteiger partial charge in [-0.05, 0) is 86.8 Å². The number of nitrogens with zero attached hydrogens (tertiary/aromatic N) is 1. The van der Waals surface area contributed by atoms with Gasteiger partial charge in [-0.15, -0.1) is 0 Å². The highest BCUT2D eigenvalue weighted by atomic mass is 35.5. The summed E-state index contributed by atoms with van der Waals surface area (Å²) in [7, 11) is 0. The number of benzene rings is 2. The Morgan fingerprint density at radius 1 is 1.10 bits per heavy atom. The van der Waals surface area contributed by atoms with Crippen LogP contribution in [0.15, 0.2) is 51.7 Å². The van der Waals surface area contributed by atoms with E-state index in [9.17, 15) is 14.7 Å². The van der Waals surface area contributed by atoms with Crippen molar-refractivity contribution in [3.63, 3.8) is 0 Å². The zero-order valence-corrected chi connectivity index (χ0v) is 23.2. The number of aryl methyl sites for hydroxylation is 1. The Morgan fingerprint density at radius 3 is 2.64 bits per heavy atom. The zero-order valence-electron chi connectivity index (χ0n) is 22.5. The summed E-state index contributed by atoms with van der Waals surface area (Å²) in [5.41, 5.74) is 2.34. The fourth-order valence-electron chi connectivity index (χ4n) is 7.16. The van der Waals surface area contributed by atoms with Gasteiger partial charge in [-0.3, -0.25) is 4.79 Å². The molecule has 2 heterocycles. The molecule has 3 aliphatic rings. The summed E-state index contributed by atoms with van der Waals surface area (Å²) in [4.78, 5) is 28.6. The molecule has 0 unspecified atom stereocenters. The number of aliphatic hydroxyl groups is 1. The molecule has 0 spiro atoms. The summed E-state index contributed by atoms with van der Waals surface area (Å²) in [6.07, 6.45) is 7.77. The Morgan fingerprint density at radius 2 is 1.87 bits per heavy atom. The molecule has 1 saturated carbocycles. The first-order valence-electron chi connectivity index (χ1n) is 14.4. The maximum absolute atomic E-state index is 14.1. The predicted octanol–water partition coefficient (Wildman–Crippen LogP) is 6.38. The van der Waals surface area contributed by atoms with Crippen molar-refractivity contribution >= 4 is 28.5 Å². The number of likely N-dealkylation sites (tertiary alicyclic amines) is 1. The highest BCUT2D eigenvalue weighted by Crippen LogP contribution is 2.49. The summed E-state index contributed by atoms with van der Waals surface area (Å²) in [6.45, 7) is 2.41. The van der Waals surface area contributed by atoms with E-state index in [1.807, 2.05) is 48.2 Å². The highest BCUT2D eigenvalue weighted by molar-refractivity contribution is 6.30. The largest absolute Gasteiger partial charge is 0.480 e. The van der Waals surface area contributed by atoms with Crippen LogP contribution in [-0.2, 0) is 17.6 Å². The number of carbonyl (C=O) groups excluding carboxylic acids is 1. The maximum Gasteiger partial charge on any atom is 0.339 e. The van der Waals surface area contributed by atoms with Gasteiger partial charge in [0.15, 0.2) is 6.10 Å². The summed E-state index contributed by atoms with van der Waals surface area (Å²) < 4.78 is 12.0. The second-order valence-electron chi connectivity index (χ2n) is 11.5. The Hall–Kier alpha value is -2.83. The van der Waals surface area contributed by atoms with Crippen molar-refractivity contribution in [2.24, 2.45) is 5.92 Å². The predicted molar refractivity (Wildman–Crippen MR) is 151 cm³/mol. The Balaban J connectivity index is 1.30. The van der Waals surface area contributed by atoms with Gasteiger partial charge in [-0.2, -0.15) is 0 Å². The molecular weight excluding hydrogens is 514 g/mol. The van der Waals surface area contributed by atoms with Crippen LogP contribution in [0, 0.1) is 5.92 Å². The molecule has 39 heavy (non-hydrogen) atoms. The first-order chi connectivity index (χ1) is 18.9. The molecular formula is C32H36ClNO5. The van der Waals surface area contributed by atoms with E-state index in [1.54, 1.807) is 6.07 Å². The van der Waals surface area contributed by atoms with Crippen molar-refractivity contribution in [3.8, 4) is 5.75 Å². The van der Waals surface area contributed by atoms with Gasteiger partial charge < -0.3 is 19.2 Å². The van der Waals surface area contributed by atoms with E-state index in [0.29, 0.717) is 35.7 Å². The molecule has 1 N–H and O–H groups in total. The number of fused-ring (bicyclic) bond motifs is 4. The zero-order chi connectivity index (χ0) is 27.1. The van der Waals surface area contributed by atoms with E-state index in [1.165, 1.54) is 0 Å². The Labute approximate surface area is 233 Å². The molecule has 6 nitrogen and oxygen atoms in total. The third kappa shape index (κ3) is 4.87. The molecule has 7 heteroatoms. The SMILES string of the molecule is CC[C@@H](Oc1ccc2c3c(c(=O)oc2c1)CCCC3)C(=O)N1CC[C@]2(O)CCCC[C@H]2[C@@H]1c1ccc(Cl)cc1. The topological polar surface area (TPSA) is 80.0 Å². The van der Waals surface area contributed by atoms with Crippen LogP contribution >= 0.6 is 11.6 Å². The van der Waals surface area contributed by atoms with Crippen LogP contribution in [0.25, 0.3) is 11.0 Å². The minimum Gasteiger partial charge on any atom is -0.480 e. The molecule has 1 aromatic heterocycles. The van der Waals surface area contributed by atoms with Crippen LogP contribution in [0.4, 0.5) is 0 Å². The van der Waals surface area contributed by atoms with Crippen molar-refractivity contribution < 1.29 is 19.1 Å². The second-order valence-corrected chi connectivity index (χ2v) is 11.9. The number of amides is 1. The van der Waals surface area contributed by atoms with Crippen molar-refractivity contribution in [1.29, 1.82) is 0 Å². The van der Waals surface area contributed by atoms with Gasteiger partial charge in [-0.1, -0.05) is 43.5 Å². The smallest absolute Gasteiger partial charge is 0.339 e. The van der Waals surface area contributed by atoms with Crippen LogP contribution in [0.2, 0.25) is 5.02 Å². The van der Waals surface area contributed by atoms with E-state index >= 15 is 0 Å². The first kappa shape index (κ1) is 26.4. The lowest BCUT2D eigenvalue weighted by Crippen LogP contribution is -2.58. The van der Waals surface area contributed by atoms with Gasteiger partial charge in [-0.25, -0.2) is 4.79 Å². The molecule has 2 fully saturated rings. The van der Waals surface area contributed by atoms with E-state index < -0.39 is 11.7 Å². The second kappa shape index (κ2) is 10.6. The minimum absolute atomic E-state index is 0.0382. The number of ether oxygens (including phenoxy) is 1. The quantitative estimate of drug-likeness (QED) is 0.374. The molecule has 6 rings (SSSR count). The maximum atomic E-state index is 14.1. The number of hydrogen-bond donors (Lipinski definition) is 1. The molecule has 1 amide bonds. The number of rotatable bonds is 5. The van der Waals surface area contributed by atoms with Crippen molar-refractivity contribution in [3.05, 3.63) is 74.6 Å². The van der Waals surface area contributed by atoms with Crippen molar-refractivity contribution in [1.82, 2.24) is 4.90 Å². The highest BCUT2D eigenvalue weighted by Gasteiger charge is 2.51. The van der Waals surface area contributed by atoms with Gasteiger partial charge in [0, 0.05) is 34.5 Å². The van der Waals surface area contributed by atoms with Gasteiger partial charge >= 0.3 is 5.63 Å². The summed E-state index contributed by atoms with van der Waals surface area (Å²) >= 11 is 6.19. The summed E-state index contributed by atoms with van der Waals surface area (Å²) in [5.74, 6) is 0.386. The fraction of sp³-hybridized carbons (Fsp3) is 0.500. The molecule has 206 valence electrons. The van der Waals surface area contributed by atoms with Gasteiger partial charge in [0.05, 0.1) is 11.6 Å². The molecule has 4 atom stereocenters. The van der Waals surface area contributed by atoms with Crippen molar-refractivity contribution in [2.75, 3.05) is 6.54 Å². The van der Waals surface area contributed by atoms with Gasteiger partial charge in [0.25, 0.3) is 5.91 Å². The third-order valence-electron chi connectivity index (χ3n) is 9.18. The molecule has 2 aliphatic carbocycles.